The van der Waals surface area contributed by atoms with E-state index >= 15 is 0 Å². The summed E-state index contributed by atoms with van der Waals surface area (Å²) < 4.78 is 0. The standard InChI is InChI=1S/C14H14O2/c1-9-3-5-12(10(2)7-9)13-8-11(15)4-6-14(13)16/h3-8,15-16H,1-2H3. The number of hydrogen-bond donors (Lipinski definition) is 2. The maximum atomic E-state index is 9.77. The van der Waals surface area contributed by atoms with Gasteiger partial charge in [-0.1, -0.05) is 23.8 Å². The summed E-state index contributed by atoms with van der Waals surface area (Å²) >= 11 is 0. The van der Waals surface area contributed by atoms with Gasteiger partial charge in [0.2, 0.25) is 0 Å². The van der Waals surface area contributed by atoms with Gasteiger partial charge in [0.05, 0.1) is 0 Å². The minimum absolute atomic E-state index is 0.160. The highest BCUT2D eigenvalue weighted by molar-refractivity contribution is 5.74. The summed E-state index contributed by atoms with van der Waals surface area (Å²) in [5.41, 5.74) is 3.87. The van der Waals surface area contributed by atoms with Crippen LogP contribution in [0.4, 0.5) is 0 Å². The molecule has 0 atom stereocenters. The lowest BCUT2D eigenvalue weighted by molar-refractivity contribution is 0.462. The van der Waals surface area contributed by atoms with Crippen molar-refractivity contribution in [2.45, 2.75) is 13.8 Å². The molecule has 0 aliphatic carbocycles. The van der Waals surface area contributed by atoms with Crippen LogP contribution in [0.2, 0.25) is 0 Å². The van der Waals surface area contributed by atoms with Crippen LogP contribution in [0.3, 0.4) is 0 Å². The summed E-state index contributed by atoms with van der Waals surface area (Å²) in [6.07, 6.45) is 0. The normalized spacial score (nSPS) is 10.4. The smallest absolute Gasteiger partial charge is 0.123 e. The summed E-state index contributed by atoms with van der Waals surface area (Å²) in [4.78, 5) is 0. The van der Waals surface area contributed by atoms with Crippen LogP contribution in [-0.4, -0.2) is 10.2 Å². The number of phenols is 2. The van der Waals surface area contributed by atoms with Crippen LogP contribution in [0.1, 0.15) is 11.1 Å². The molecule has 2 aromatic rings. The van der Waals surface area contributed by atoms with Gasteiger partial charge in [-0.2, -0.15) is 0 Å². The molecule has 2 nitrogen and oxygen atoms in total. The lowest BCUT2D eigenvalue weighted by Gasteiger charge is -2.09. The van der Waals surface area contributed by atoms with Crippen LogP contribution in [0.25, 0.3) is 11.1 Å². The van der Waals surface area contributed by atoms with Crippen LogP contribution in [0.15, 0.2) is 36.4 Å². The average Bonchev–Trinajstić information content (AvgIpc) is 2.22. The van der Waals surface area contributed by atoms with E-state index in [-0.39, 0.29) is 11.5 Å². The third kappa shape index (κ3) is 1.87. The average molecular weight is 214 g/mol. The van der Waals surface area contributed by atoms with Crippen molar-refractivity contribution in [3.8, 4) is 22.6 Å². The summed E-state index contributed by atoms with van der Waals surface area (Å²) in [7, 11) is 0. The number of aromatic hydroxyl groups is 2. The zero-order chi connectivity index (χ0) is 11.7. The Morgan fingerprint density at radius 3 is 2.25 bits per heavy atom. The fourth-order valence-electron chi connectivity index (χ4n) is 1.86. The van der Waals surface area contributed by atoms with E-state index < -0.39 is 0 Å². The van der Waals surface area contributed by atoms with Gasteiger partial charge in [-0.3, -0.25) is 0 Å². The first-order valence-corrected chi connectivity index (χ1v) is 5.17. The van der Waals surface area contributed by atoms with Crippen molar-refractivity contribution in [1.29, 1.82) is 0 Å². The Kier molecular flexibility index (Phi) is 2.57. The molecule has 0 saturated carbocycles. The van der Waals surface area contributed by atoms with Crippen molar-refractivity contribution in [3.05, 3.63) is 47.5 Å². The molecule has 2 N–H and O–H groups in total. The number of hydrogen-bond acceptors (Lipinski definition) is 2. The van der Waals surface area contributed by atoms with Crippen LogP contribution < -0.4 is 0 Å². The lowest BCUT2D eigenvalue weighted by atomic mass is 9.98. The Morgan fingerprint density at radius 2 is 1.56 bits per heavy atom. The molecule has 0 saturated heterocycles. The van der Waals surface area contributed by atoms with Crippen molar-refractivity contribution in [2.24, 2.45) is 0 Å². The van der Waals surface area contributed by atoms with Crippen LogP contribution >= 0.6 is 0 Å². The van der Waals surface area contributed by atoms with Gasteiger partial charge in [-0.05, 0) is 43.2 Å². The lowest BCUT2D eigenvalue weighted by Crippen LogP contribution is -1.85. The van der Waals surface area contributed by atoms with Gasteiger partial charge in [0.1, 0.15) is 11.5 Å². The molecule has 0 aliphatic rings. The van der Waals surface area contributed by atoms with Crippen molar-refractivity contribution >= 4 is 0 Å². The fourth-order valence-corrected chi connectivity index (χ4v) is 1.86. The van der Waals surface area contributed by atoms with Crippen molar-refractivity contribution in [1.82, 2.24) is 0 Å². The zero-order valence-corrected chi connectivity index (χ0v) is 9.36. The zero-order valence-electron chi connectivity index (χ0n) is 9.36. The second kappa shape index (κ2) is 3.89. The van der Waals surface area contributed by atoms with E-state index in [9.17, 15) is 10.2 Å². The predicted molar refractivity (Wildman–Crippen MR) is 64.7 cm³/mol. The molecule has 0 heterocycles. The van der Waals surface area contributed by atoms with Crippen molar-refractivity contribution < 1.29 is 10.2 Å². The SMILES string of the molecule is Cc1ccc(-c2cc(O)ccc2O)c(C)c1. The fraction of sp³-hybridized carbons (Fsp3) is 0.143. The van der Waals surface area contributed by atoms with Gasteiger partial charge >= 0.3 is 0 Å². The Balaban J connectivity index is 2.62. The molecule has 2 aromatic carbocycles. The minimum Gasteiger partial charge on any atom is -0.508 e. The van der Waals surface area contributed by atoms with E-state index in [4.69, 9.17) is 0 Å². The Labute approximate surface area is 94.8 Å². The number of aryl methyl sites for hydroxylation is 2. The summed E-state index contributed by atoms with van der Waals surface area (Å²) in [6, 6.07) is 10.6. The number of rotatable bonds is 1. The predicted octanol–water partition coefficient (Wildman–Crippen LogP) is 3.38. The maximum Gasteiger partial charge on any atom is 0.123 e. The second-order valence-corrected chi connectivity index (χ2v) is 4.02. The molecule has 0 amide bonds. The van der Waals surface area contributed by atoms with Crippen LogP contribution in [0, 0.1) is 13.8 Å². The van der Waals surface area contributed by atoms with Crippen molar-refractivity contribution in [3.63, 3.8) is 0 Å². The van der Waals surface area contributed by atoms with E-state index in [1.165, 1.54) is 17.7 Å². The largest absolute Gasteiger partial charge is 0.508 e. The van der Waals surface area contributed by atoms with Gasteiger partial charge in [0.25, 0.3) is 0 Å². The van der Waals surface area contributed by atoms with Crippen LogP contribution in [-0.2, 0) is 0 Å². The van der Waals surface area contributed by atoms with Crippen molar-refractivity contribution in [2.75, 3.05) is 0 Å². The molecule has 2 rings (SSSR count). The number of phenolic OH excluding ortho intramolecular Hbond substituents is 2. The van der Waals surface area contributed by atoms with Gasteiger partial charge in [-0.15, -0.1) is 0 Å². The molecule has 0 bridgehead atoms. The molecule has 16 heavy (non-hydrogen) atoms. The molecular weight excluding hydrogens is 200 g/mol. The quantitative estimate of drug-likeness (QED) is 0.714. The first kappa shape index (κ1) is 10.6. The van der Waals surface area contributed by atoms with Gasteiger partial charge < -0.3 is 10.2 Å². The molecule has 0 unspecified atom stereocenters. The maximum absolute atomic E-state index is 9.77. The Bertz CT molecular complexity index is 530. The van der Waals surface area contributed by atoms with Crippen LogP contribution in [0.5, 0.6) is 11.5 Å². The molecule has 0 aromatic heterocycles. The Hall–Kier alpha value is -1.96. The molecule has 0 aliphatic heterocycles. The highest BCUT2D eigenvalue weighted by atomic mass is 16.3. The van der Waals surface area contributed by atoms with E-state index in [0.29, 0.717) is 5.56 Å². The number of benzene rings is 2. The third-order valence-electron chi connectivity index (χ3n) is 2.65. The van der Waals surface area contributed by atoms with E-state index in [1.54, 1.807) is 6.07 Å². The highest BCUT2D eigenvalue weighted by Crippen LogP contribution is 2.34. The highest BCUT2D eigenvalue weighted by Gasteiger charge is 2.07. The first-order chi connectivity index (χ1) is 7.58. The summed E-state index contributed by atoms with van der Waals surface area (Å²) in [5, 5.41) is 19.2. The molecule has 2 heteroatoms. The topological polar surface area (TPSA) is 40.5 Å². The molecule has 0 fully saturated rings. The molecule has 0 spiro atoms. The first-order valence-electron chi connectivity index (χ1n) is 5.17. The van der Waals surface area contributed by atoms with E-state index in [0.717, 1.165) is 11.1 Å². The molecular formula is C14H14O2. The van der Waals surface area contributed by atoms with Gasteiger partial charge in [0.15, 0.2) is 0 Å². The monoisotopic (exact) mass is 214 g/mol. The second-order valence-electron chi connectivity index (χ2n) is 4.02. The molecule has 82 valence electrons. The molecule has 0 radical (unpaired) electrons. The Morgan fingerprint density at radius 1 is 0.812 bits per heavy atom. The summed E-state index contributed by atoms with van der Waals surface area (Å²) in [6.45, 7) is 4.02. The minimum atomic E-state index is 0.160. The third-order valence-corrected chi connectivity index (χ3v) is 2.65. The van der Waals surface area contributed by atoms with E-state index in [2.05, 4.69) is 6.07 Å². The van der Waals surface area contributed by atoms with Gasteiger partial charge in [-0.25, -0.2) is 0 Å². The van der Waals surface area contributed by atoms with E-state index in [1.807, 2.05) is 26.0 Å². The summed E-state index contributed by atoms with van der Waals surface area (Å²) in [5.74, 6) is 0.345. The van der Waals surface area contributed by atoms with Gasteiger partial charge in [0, 0.05) is 5.56 Å².